The minimum Gasteiger partial charge on any atom is -1.00 e. The molecule has 1 aromatic heterocycles. The van der Waals surface area contributed by atoms with Crippen LogP contribution in [-0.4, -0.2) is 0 Å². The summed E-state index contributed by atoms with van der Waals surface area (Å²) < 4.78 is 2.01. The Morgan fingerprint density at radius 2 is 2.20 bits per heavy atom. The van der Waals surface area contributed by atoms with Gasteiger partial charge in [-0.3, -0.25) is 0 Å². The van der Waals surface area contributed by atoms with E-state index in [1.165, 1.54) is 0 Å². The quantitative estimate of drug-likeness (QED) is 0.324. The van der Waals surface area contributed by atoms with Crippen molar-refractivity contribution in [3.8, 4) is 0 Å². The molecule has 0 bridgehead atoms. The molecular formula is C7H9ClIN. The molecule has 56 valence electrons. The Labute approximate surface area is 83.0 Å². The van der Waals surface area contributed by atoms with Gasteiger partial charge < -0.3 is 24.0 Å². The van der Waals surface area contributed by atoms with Gasteiger partial charge >= 0.3 is 0 Å². The van der Waals surface area contributed by atoms with Crippen LogP contribution in [0.1, 0.15) is 5.69 Å². The average Bonchev–Trinajstić information content (AvgIpc) is 1.89. The first-order valence-corrected chi connectivity index (χ1v) is 3.37. The zero-order chi connectivity index (χ0) is 6.69. The maximum atomic E-state index is 5.61. The molecule has 1 rings (SSSR count). The molecule has 0 fully saturated rings. The zero-order valence-electron chi connectivity index (χ0n) is 5.72. The van der Waals surface area contributed by atoms with Gasteiger partial charge in [-0.15, -0.1) is 11.6 Å². The van der Waals surface area contributed by atoms with Crippen LogP contribution in [0.25, 0.3) is 0 Å². The van der Waals surface area contributed by atoms with E-state index in [0.29, 0.717) is 5.88 Å². The fourth-order valence-electron chi connectivity index (χ4n) is 0.698. The number of nitrogens with zero attached hydrogens (tertiary/aromatic N) is 1. The van der Waals surface area contributed by atoms with Crippen LogP contribution in [-0.2, 0) is 12.9 Å². The maximum Gasteiger partial charge on any atom is 0.195 e. The Morgan fingerprint density at radius 3 is 2.60 bits per heavy atom. The van der Waals surface area contributed by atoms with Crippen molar-refractivity contribution in [2.75, 3.05) is 0 Å². The lowest BCUT2D eigenvalue weighted by Gasteiger charge is -1.90. The molecule has 0 aliphatic carbocycles. The Morgan fingerprint density at radius 1 is 1.50 bits per heavy atom. The summed E-state index contributed by atoms with van der Waals surface area (Å²) >= 11 is 5.61. The van der Waals surface area contributed by atoms with Crippen LogP contribution in [0, 0.1) is 0 Å². The molecule has 0 N–H and O–H groups in total. The fraction of sp³-hybridized carbons (Fsp3) is 0.286. The molecule has 0 aliphatic rings. The summed E-state index contributed by atoms with van der Waals surface area (Å²) in [4.78, 5) is 0. The molecular weight excluding hydrogens is 260 g/mol. The summed E-state index contributed by atoms with van der Waals surface area (Å²) in [5, 5.41) is 0. The van der Waals surface area contributed by atoms with E-state index in [-0.39, 0.29) is 24.0 Å². The smallest absolute Gasteiger partial charge is 0.195 e. The lowest BCUT2D eigenvalue weighted by atomic mass is 10.4. The highest BCUT2D eigenvalue weighted by Gasteiger charge is 1.99. The van der Waals surface area contributed by atoms with Gasteiger partial charge in [0.2, 0.25) is 0 Å². The van der Waals surface area contributed by atoms with E-state index < -0.39 is 0 Å². The van der Waals surface area contributed by atoms with E-state index in [4.69, 9.17) is 11.6 Å². The third-order valence-corrected chi connectivity index (χ3v) is 1.57. The molecule has 0 aromatic carbocycles. The normalized spacial score (nSPS) is 8.60. The summed E-state index contributed by atoms with van der Waals surface area (Å²) in [6.07, 6.45) is 1.98. The van der Waals surface area contributed by atoms with Gasteiger partial charge in [-0.1, -0.05) is 6.07 Å². The minimum absolute atomic E-state index is 0. The van der Waals surface area contributed by atoms with Crippen molar-refractivity contribution in [2.24, 2.45) is 7.05 Å². The van der Waals surface area contributed by atoms with Crippen LogP contribution in [0.3, 0.4) is 0 Å². The number of aromatic nitrogens is 1. The highest BCUT2D eigenvalue weighted by molar-refractivity contribution is 6.16. The van der Waals surface area contributed by atoms with Crippen LogP contribution in [0.4, 0.5) is 0 Å². The van der Waals surface area contributed by atoms with Crippen molar-refractivity contribution in [1.82, 2.24) is 0 Å². The Balaban J connectivity index is 0.000000810. The maximum absolute atomic E-state index is 5.61. The third-order valence-electron chi connectivity index (χ3n) is 1.30. The third kappa shape index (κ3) is 2.42. The van der Waals surface area contributed by atoms with Crippen LogP contribution in [0.2, 0.25) is 0 Å². The largest absolute Gasteiger partial charge is 1.00 e. The summed E-state index contributed by atoms with van der Waals surface area (Å²) in [6, 6.07) is 5.97. The Hall–Kier alpha value is 0.170. The summed E-state index contributed by atoms with van der Waals surface area (Å²) in [6.45, 7) is 0. The molecule has 0 unspecified atom stereocenters. The van der Waals surface area contributed by atoms with Crippen molar-refractivity contribution in [2.45, 2.75) is 5.88 Å². The molecule has 1 aromatic rings. The van der Waals surface area contributed by atoms with Gasteiger partial charge in [0.15, 0.2) is 11.9 Å². The molecule has 0 saturated heterocycles. The lowest BCUT2D eigenvalue weighted by molar-refractivity contribution is -0.678. The van der Waals surface area contributed by atoms with Gasteiger partial charge in [-0.2, -0.15) is 0 Å². The van der Waals surface area contributed by atoms with E-state index in [2.05, 4.69) is 0 Å². The van der Waals surface area contributed by atoms with Crippen molar-refractivity contribution in [3.63, 3.8) is 0 Å². The van der Waals surface area contributed by atoms with Crippen molar-refractivity contribution in [1.29, 1.82) is 0 Å². The number of halogens is 2. The van der Waals surface area contributed by atoms with Crippen molar-refractivity contribution in [3.05, 3.63) is 30.1 Å². The van der Waals surface area contributed by atoms with Crippen molar-refractivity contribution < 1.29 is 28.5 Å². The van der Waals surface area contributed by atoms with E-state index in [0.717, 1.165) is 5.69 Å². The first kappa shape index (κ1) is 10.2. The molecule has 0 radical (unpaired) electrons. The van der Waals surface area contributed by atoms with E-state index in [1.54, 1.807) is 0 Å². The van der Waals surface area contributed by atoms with Gasteiger partial charge in [0, 0.05) is 12.1 Å². The zero-order valence-corrected chi connectivity index (χ0v) is 8.63. The number of hydrogen-bond acceptors (Lipinski definition) is 0. The van der Waals surface area contributed by atoms with Gasteiger partial charge in [0.25, 0.3) is 0 Å². The topological polar surface area (TPSA) is 3.88 Å². The van der Waals surface area contributed by atoms with Gasteiger partial charge in [0.1, 0.15) is 12.9 Å². The monoisotopic (exact) mass is 269 g/mol. The molecule has 3 heteroatoms. The average molecular weight is 270 g/mol. The molecule has 1 nitrogen and oxygen atoms in total. The second kappa shape index (κ2) is 4.91. The standard InChI is InChI=1S/C7H9ClN.HI/c1-9-5-3-2-4-7(9)6-8;/h2-5H,6H2,1H3;1H/q+1;/p-1. The number of alkyl halides is 1. The molecule has 1 heterocycles. The summed E-state index contributed by atoms with van der Waals surface area (Å²) in [5.41, 5.74) is 1.14. The predicted octanol–water partition coefficient (Wildman–Crippen LogP) is -1.75. The van der Waals surface area contributed by atoms with Gasteiger partial charge in [-0.05, 0) is 0 Å². The van der Waals surface area contributed by atoms with Crippen LogP contribution in [0.15, 0.2) is 24.4 Å². The molecule has 0 atom stereocenters. The van der Waals surface area contributed by atoms with Gasteiger partial charge in [-0.25, -0.2) is 4.57 Å². The minimum atomic E-state index is 0. The van der Waals surface area contributed by atoms with E-state index >= 15 is 0 Å². The number of pyridine rings is 1. The van der Waals surface area contributed by atoms with E-state index in [9.17, 15) is 0 Å². The SMILES string of the molecule is C[n+]1ccccc1CCl.[I-]. The number of aryl methyl sites for hydroxylation is 1. The highest BCUT2D eigenvalue weighted by atomic mass is 127. The predicted molar refractivity (Wildman–Crippen MR) is 37.2 cm³/mol. The first-order valence-electron chi connectivity index (χ1n) is 2.84. The molecule has 0 spiro atoms. The Bertz CT molecular complexity index is 203. The second-order valence-corrected chi connectivity index (χ2v) is 2.20. The Kier molecular flexibility index (Phi) is 4.99. The first-order chi connectivity index (χ1) is 4.34. The summed E-state index contributed by atoms with van der Waals surface area (Å²) in [7, 11) is 1.98. The van der Waals surface area contributed by atoms with Crippen molar-refractivity contribution >= 4 is 11.6 Å². The van der Waals surface area contributed by atoms with Crippen LogP contribution < -0.4 is 28.5 Å². The molecule has 0 saturated carbocycles. The highest BCUT2D eigenvalue weighted by Crippen LogP contribution is 1.93. The molecule has 0 amide bonds. The number of rotatable bonds is 1. The fourth-order valence-corrected chi connectivity index (χ4v) is 0.975. The van der Waals surface area contributed by atoms with Crippen LogP contribution in [0.5, 0.6) is 0 Å². The molecule has 10 heavy (non-hydrogen) atoms. The number of hydrogen-bond donors (Lipinski definition) is 0. The van der Waals surface area contributed by atoms with Crippen LogP contribution >= 0.6 is 11.6 Å². The van der Waals surface area contributed by atoms with E-state index in [1.807, 2.05) is 36.0 Å². The van der Waals surface area contributed by atoms with Gasteiger partial charge in [0.05, 0.1) is 0 Å². The second-order valence-electron chi connectivity index (χ2n) is 1.94. The molecule has 0 aliphatic heterocycles. The lowest BCUT2D eigenvalue weighted by Crippen LogP contribution is -3.00. The summed E-state index contributed by atoms with van der Waals surface area (Å²) in [5.74, 6) is 0.581.